The number of aromatic nitrogens is 1. The first-order valence-corrected chi connectivity index (χ1v) is 4.61. The summed E-state index contributed by atoms with van der Waals surface area (Å²) in [6.45, 7) is 0.288. The zero-order chi connectivity index (χ0) is 11.3. The first kappa shape index (κ1) is 11.8. The van der Waals surface area contributed by atoms with Gasteiger partial charge in [0.15, 0.2) is 6.29 Å². The minimum absolute atomic E-state index is 0.288. The number of carbonyl (C=O) groups is 1. The lowest BCUT2D eigenvalue weighted by Crippen LogP contribution is -2.29. The van der Waals surface area contributed by atoms with E-state index in [-0.39, 0.29) is 6.54 Å². The van der Waals surface area contributed by atoms with Gasteiger partial charge >= 0.3 is 0 Å². The molecule has 0 bridgehead atoms. The summed E-state index contributed by atoms with van der Waals surface area (Å²) in [4.78, 5) is 14.1. The van der Waals surface area contributed by atoms with E-state index in [2.05, 4.69) is 10.3 Å². The number of nitrogens with zero attached hydrogens (tertiary/aromatic N) is 1. The molecule has 0 aliphatic rings. The van der Waals surface area contributed by atoms with Crippen molar-refractivity contribution in [1.29, 1.82) is 0 Å². The Balaban J connectivity index is 2.73. The standard InChI is InChI=1S/C10H14N2O3/c1-11-5-9(14)10(15)7-2-3-8(6-13)12-4-7/h2-4,6,9-11,14-15H,5H2,1H3. The number of rotatable bonds is 5. The van der Waals surface area contributed by atoms with Crippen molar-refractivity contribution in [2.75, 3.05) is 13.6 Å². The van der Waals surface area contributed by atoms with Crippen LogP contribution in [0.1, 0.15) is 22.2 Å². The normalized spacial score (nSPS) is 14.6. The van der Waals surface area contributed by atoms with Crippen LogP contribution in [-0.4, -0.2) is 41.2 Å². The number of aldehydes is 1. The van der Waals surface area contributed by atoms with Crippen molar-refractivity contribution >= 4 is 6.29 Å². The Kier molecular flexibility index (Phi) is 4.36. The number of pyridine rings is 1. The predicted octanol–water partition coefficient (Wildman–Crippen LogP) is -0.492. The number of aliphatic hydroxyl groups excluding tert-OH is 2. The van der Waals surface area contributed by atoms with E-state index in [0.29, 0.717) is 17.5 Å². The Morgan fingerprint density at radius 1 is 1.53 bits per heavy atom. The van der Waals surface area contributed by atoms with Crippen LogP contribution in [0.4, 0.5) is 0 Å². The summed E-state index contributed by atoms with van der Waals surface area (Å²) >= 11 is 0. The van der Waals surface area contributed by atoms with Gasteiger partial charge in [-0.05, 0) is 13.1 Å². The summed E-state index contributed by atoms with van der Waals surface area (Å²) in [6.07, 6.45) is 0.123. The molecule has 0 radical (unpaired) electrons. The molecule has 1 aromatic rings. The molecule has 0 amide bonds. The maximum atomic E-state index is 10.3. The molecule has 0 spiro atoms. The van der Waals surface area contributed by atoms with Crippen molar-refractivity contribution < 1.29 is 15.0 Å². The quantitative estimate of drug-likeness (QED) is 0.571. The lowest BCUT2D eigenvalue weighted by atomic mass is 10.1. The molecule has 5 heteroatoms. The molecule has 15 heavy (non-hydrogen) atoms. The second kappa shape index (κ2) is 5.55. The molecule has 0 fully saturated rings. The summed E-state index contributed by atoms with van der Waals surface area (Å²) in [5.74, 6) is 0. The van der Waals surface area contributed by atoms with Gasteiger partial charge in [0, 0.05) is 18.3 Å². The molecule has 1 heterocycles. The molecule has 2 unspecified atom stereocenters. The molecule has 0 aromatic carbocycles. The number of hydrogen-bond acceptors (Lipinski definition) is 5. The summed E-state index contributed by atoms with van der Waals surface area (Å²) in [6, 6.07) is 3.07. The van der Waals surface area contributed by atoms with Crippen molar-refractivity contribution in [2.24, 2.45) is 0 Å². The van der Waals surface area contributed by atoms with Gasteiger partial charge in [-0.2, -0.15) is 0 Å². The van der Waals surface area contributed by atoms with Crippen molar-refractivity contribution in [3.05, 3.63) is 29.6 Å². The van der Waals surface area contributed by atoms with Crippen LogP contribution in [0.2, 0.25) is 0 Å². The molecule has 0 saturated carbocycles. The molecule has 0 aliphatic carbocycles. The SMILES string of the molecule is CNCC(O)C(O)c1ccc(C=O)nc1. The van der Waals surface area contributed by atoms with Crippen LogP contribution in [0.3, 0.4) is 0 Å². The number of nitrogens with one attached hydrogen (secondary N) is 1. The van der Waals surface area contributed by atoms with E-state index in [1.165, 1.54) is 12.3 Å². The zero-order valence-corrected chi connectivity index (χ0v) is 8.42. The molecule has 1 aromatic heterocycles. The van der Waals surface area contributed by atoms with E-state index in [1.807, 2.05) is 0 Å². The summed E-state index contributed by atoms with van der Waals surface area (Å²) in [5.41, 5.74) is 0.789. The maximum absolute atomic E-state index is 10.3. The van der Waals surface area contributed by atoms with Crippen LogP contribution < -0.4 is 5.32 Å². The lowest BCUT2D eigenvalue weighted by Gasteiger charge is -2.17. The first-order chi connectivity index (χ1) is 7.19. The largest absolute Gasteiger partial charge is 0.389 e. The Hall–Kier alpha value is -1.30. The molecular weight excluding hydrogens is 196 g/mol. The lowest BCUT2D eigenvalue weighted by molar-refractivity contribution is 0.0200. The monoisotopic (exact) mass is 210 g/mol. The Labute approximate surface area is 87.8 Å². The average molecular weight is 210 g/mol. The number of hydrogen-bond donors (Lipinski definition) is 3. The van der Waals surface area contributed by atoms with Gasteiger partial charge in [-0.15, -0.1) is 0 Å². The molecule has 0 aliphatic heterocycles. The summed E-state index contributed by atoms with van der Waals surface area (Å²) < 4.78 is 0. The van der Waals surface area contributed by atoms with Gasteiger partial charge in [-0.25, -0.2) is 0 Å². The highest BCUT2D eigenvalue weighted by molar-refractivity contribution is 5.71. The fraction of sp³-hybridized carbons (Fsp3) is 0.400. The van der Waals surface area contributed by atoms with Crippen LogP contribution in [0.15, 0.2) is 18.3 Å². The highest BCUT2D eigenvalue weighted by Gasteiger charge is 2.17. The highest BCUT2D eigenvalue weighted by Crippen LogP contribution is 2.15. The first-order valence-electron chi connectivity index (χ1n) is 4.61. The molecular formula is C10H14N2O3. The molecule has 5 nitrogen and oxygen atoms in total. The van der Waals surface area contributed by atoms with Crippen LogP contribution >= 0.6 is 0 Å². The van der Waals surface area contributed by atoms with Crippen molar-refractivity contribution in [3.8, 4) is 0 Å². The second-order valence-corrected chi connectivity index (χ2v) is 3.20. The van der Waals surface area contributed by atoms with Crippen LogP contribution in [0.5, 0.6) is 0 Å². The third-order valence-electron chi connectivity index (χ3n) is 2.05. The van der Waals surface area contributed by atoms with E-state index >= 15 is 0 Å². The maximum Gasteiger partial charge on any atom is 0.168 e. The van der Waals surface area contributed by atoms with Gasteiger partial charge < -0.3 is 15.5 Å². The predicted molar refractivity (Wildman–Crippen MR) is 54.5 cm³/mol. The van der Waals surface area contributed by atoms with Gasteiger partial charge in [-0.3, -0.25) is 9.78 Å². The third kappa shape index (κ3) is 3.09. The topological polar surface area (TPSA) is 82.5 Å². The Morgan fingerprint density at radius 2 is 2.27 bits per heavy atom. The van der Waals surface area contributed by atoms with Crippen LogP contribution in [-0.2, 0) is 0 Å². The smallest absolute Gasteiger partial charge is 0.168 e. The van der Waals surface area contributed by atoms with E-state index in [0.717, 1.165) is 0 Å². The fourth-order valence-corrected chi connectivity index (χ4v) is 1.20. The summed E-state index contributed by atoms with van der Waals surface area (Å²) in [5, 5.41) is 21.9. The van der Waals surface area contributed by atoms with E-state index < -0.39 is 12.2 Å². The minimum atomic E-state index is -0.995. The fourth-order valence-electron chi connectivity index (χ4n) is 1.20. The van der Waals surface area contributed by atoms with E-state index in [4.69, 9.17) is 0 Å². The molecule has 1 rings (SSSR count). The Morgan fingerprint density at radius 3 is 2.73 bits per heavy atom. The van der Waals surface area contributed by atoms with Crippen molar-refractivity contribution in [3.63, 3.8) is 0 Å². The van der Waals surface area contributed by atoms with E-state index in [9.17, 15) is 15.0 Å². The average Bonchev–Trinajstić information content (AvgIpc) is 2.28. The second-order valence-electron chi connectivity index (χ2n) is 3.20. The Bertz CT molecular complexity index is 313. The number of likely N-dealkylation sites (N-methyl/N-ethyl adjacent to an activating group) is 1. The molecule has 2 atom stereocenters. The van der Waals surface area contributed by atoms with E-state index in [1.54, 1.807) is 13.1 Å². The van der Waals surface area contributed by atoms with Crippen LogP contribution in [0.25, 0.3) is 0 Å². The van der Waals surface area contributed by atoms with Gasteiger partial charge in [0.05, 0.1) is 6.10 Å². The molecule has 82 valence electrons. The molecule has 3 N–H and O–H groups in total. The van der Waals surface area contributed by atoms with Gasteiger partial charge in [0.25, 0.3) is 0 Å². The highest BCUT2D eigenvalue weighted by atomic mass is 16.3. The van der Waals surface area contributed by atoms with Gasteiger partial charge in [0.1, 0.15) is 11.8 Å². The summed E-state index contributed by atoms with van der Waals surface area (Å²) in [7, 11) is 1.68. The van der Waals surface area contributed by atoms with Crippen LogP contribution in [0, 0.1) is 0 Å². The van der Waals surface area contributed by atoms with Gasteiger partial charge in [0.2, 0.25) is 0 Å². The number of carbonyl (C=O) groups excluding carboxylic acids is 1. The number of aliphatic hydroxyl groups is 2. The van der Waals surface area contributed by atoms with Crippen molar-refractivity contribution in [2.45, 2.75) is 12.2 Å². The molecule has 0 saturated heterocycles. The van der Waals surface area contributed by atoms with Gasteiger partial charge in [-0.1, -0.05) is 6.07 Å². The minimum Gasteiger partial charge on any atom is -0.389 e. The third-order valence-corrected chi connectivity index (χ3v) is 2.05. The van der Waals surface area contributed by atoms with Crippen molar-refractivity contribution in [1.82, 2.24) is 10.3 Å². The zero-order valence-electron chi connectivity index (χ0n) is 8.42.